The highest BCUT2D eigenvalue weighted by Gasteiger charge is 2.17. The van der Waals surface area contributed by atoms with Gasteiger partial charge in [0, 0.05) is 12.0 Å². The van der Waals surface area contributed by atoms with Crippen molar-refractivity contribution in [2.24, 2.45) is 0 Å². The molecule has 1 heterocycles. The molecule has 100 valence electrons. The highest BCUT2D eigenvalue weighted by Crippen LogP contribution is 2.25. The van der Waals surface area contributed by atoms with Crippen molar-refractivity contribution in [3.63, 3.8) is 0 Å². The quantitative estimate of drug-likeness (QED) is 0.934. The number of amides is 1. The number of halogens is 1. The van der Waals surface area contributed by atoms with Gasteiger partial charge >= 0.3 is 0 Å². The summed E-state index contributed by atoms with van der Waals surface area (Å²) in [5.74, 6) is 0.708. The molecule has 0 aliphatic carbocycles. The lowest BCUT2D eigenvalue weighted by atomic mass is 10.2. The fourth-order valence-electron chi connectivity index (χ4n) is 1.57. The van der Waals surface area contributed by atoms with Crippen LogP contribution in [-0.4, -0.2) is 16.0 Å². The van der Waals surface area contributed by atoms with Gasteiger partial charge in [-0.05, 0) is 19.1 Å². The maximum atomic E-state index is 11.3. The molecular formula is C13H14ClN3O2. The van der Waals surface area contributed by atoms with Gasteiger partial charge in [-0.3, -0.25) is 4.79 Å². The maximum Gasteiger partial charge on any atom is 0.249 e. The van der Waals surface area contributed by atoms with Crippen molar-refractivity contribution < 1.29 is 9.32 Å². The first-order valence-electron chi connectivity index (χ1n) is 5.99. The smallest absolute Gasteiger partial charge is 0.249 e. The zero-order valence-corrected chi connectivity index (χ0v) is 11.4. The first-order chi connectivity index (χ1) is 9.11. The predicted octanol–water partition coefficient (Wildman–Crippen LogP) is 2.98. The molecule has 1 aromatic carbocycles. The lowest BCUT2D eigenvalue weighted by molar-refractivity contribution is -0.121. The molecule has 0 radical (unpaired) electrons. The van der Waals surface area contributed by atoms with E-state index in [1.807, 2.05) is 18.2 Å². The van der Waals surface area contributed by atoms with E-state index in [0.717, 1.165) is 0 Å². The van der Waals surface area contributed by atoms with Gasteiger partial charge in [0.1, 0.15) is 6.04 Å². The van der Waals surface area contributed by atoms with Gasteiger partial charge < -0.3 is 9.84 Å². The van der Waals surface area contributed by atoms with Crippen LogP contribution in [0.5, 0.6) is 0 Å². The molecule has 5 nitrogen and oxygen atoms in total. The van der Waals surface area contributed by atoms with E-state index in [0.29, 0.717) is 28.7 Å². The summed E-state index contributed by atoms with van der Waals surface area (Å²) < 4.78 is 5.15. The zero-order chi connectivity index (χ0) is 13.8. The van der Waals surface area contributed by atoms with Crippen molar-refractivity contribution in [1.82, 2.24) is 15.5 Å². The Morgan fingerprint density at radius 3 is 2.89 bits per heavy atom. The summed E-state index contributed by atoms with van der Waals surface area (Å²) in [7, 11) is 0. The summed E-state index contributed by atoms with van der Waals surface area (Å²) in [6.07, 6.45) is 0.413. The number of hydrogen-bond donors (Lipinski definition) is 1. The van der Waals surface area contributed by atoms with E-state index in [2.05, 4.69) is 15.5 Å². The Balaban J connectivity index is 2.20. The van der Waals surface area contributed by atoms with Gasteiger partial charge in [0.05, 0.1) is 5.02 Å². The van der Waals surface area contributed by atoms with Crippen LogP contribution >= 0.6 is 11.6 Å². The Bertz CT molecular complexity index is 583. The molecule has 0 saturated carbocycles. The molecule has 0 aliphatic heterocycles. The average Bonchev–Trinajstić information content (AvgIpc) is 2.88. The second-order valence-electron chi connectivity index (χ2n) is 4.08. The topological polar surface area (TPSA) is 68.0 Å². The van der Waals surface area contributed by atoms with E-state index in [-0.39, 0.29) is 11.9 Å². The van der Waals surface area contributed by atoms with Crippen LogP contribution in [0.4, 0.5) is 0 Å². The Kier molecular flexibility index (Phi) is 4.16. The minimum absolute atomic E-state index is 0.0648. The van der Waals surface area contributed by atoms with Crippen LogP contribution in [0.2, 0.25) is 5.02 Å². The summed E-state index contributed by atoms with van der Waals surface area (Å²) in [4.78, 5) is 15.6. The van der Waals surface area contributed by atoms with Crippen molar-refractivity contribution >= 4 is 17.5 Å². The lowest BCUT2D eigenvalue weighted by Gasteiger charge is -2.07. The summed E-state index contributed by atoms with van der Waals surface area (Å²) in [6.45, 7) is 3.57. The van der Waals surface area contributed by atoms with Crippen molar-refractivity contribution in [3.05, 3.63) is 35.2 Å². The van der Waals surface area contributed by atoms with E-state index < -0.39 is 0 Å². The molecule has 1 N–H and O–H groups in total. The average molecular weight is 280 g/mol. The molecule has 1 atom stereocenters. The van der Waals surface area contributed by atoms with Gasteiger partial charge in [-0.25, -0.2) is 0 Å². The Hall–Kier alpha value is -1.88. The minimum atomic E-state index is -0.323. The fourth-order valence-corrected chi connectivity index (χ4v) is 1.79. The van der Waals surface area contributed by atoms with Gasteiger partial charge in [0.15, 0.2) is 0 Å². The van der Waals surface area contributed by atoms with E-state index in [1.165, 1.54) is 0 Å². The van der Waals surface area contributed by atoms with E-state index in [1.54, 1.807) is 19.9 Å². The molecule has 1 amide bonds. The zero-order valence-electron chi connectivity index (χ0n) is 10.7. The first-order valence-corrected chi connectivity index (χ1v) is 6.37. The van der Waals surface area contributed by atoms with Crippen molar-refractivity contribution in [1.29, 1.82) is 0 Å². The van der Waals surface area contributed by atoms with Crippen LogP contribution in [0, 0.1) is 0 Å². The lowest BCUT2D eigenvalue weighted by Crippen LogP contribution is -2.25. The van der Waals surface area contributed by atoms with Crippen molar-refractivity contribution in [3.8, 4) is 11.4 Å². The van der Waals surface area contributed by atoms with Gasteiger partial charge in [0.25, 0.3) is 0 Å². The molecule has 0 spiro atoms. The Morgan fingerprint density at radius 2 is 2.21 bits per heavy atom. The molecule has 0 saturated heterocycles. The number of carbonyl (C=O) groups excluding carboxylic acids is 1. The van der Waals surface area contributed by atoms with Gasteiger partial charge in [-0.15, -0.1) is 0 Å². The molecule has 0 unspecified atom stereocenters. The number of benzene rings is 1. The molecule has 0 aliphatic rings. The minimum Gasteiger partial charge on any atom is -0.345 e. The number of rotatable bonds is 4. The largest absolute Gasteiger partial charge is 0.345 e. The highest BCUT2D eigenvalue weighted by molar-refractivity contribution is 6.33. The number of hydrogen-bond acceptors (Lipinski definition) is 4. The van der Waals surface area contributed by atoms with Gasteiger partial charge in [-0.2, -0.15) is 4.98 Å². The summed E-state index contributed by atoms with van der Waals surface area (Å²) in [5.41, 5.74) is 0.702. The first kappa shape index (κ1) is 13.5. The molecule has 2 aromatic rings. The monoisotopic (exact) mass is 279 g/mol. The van der Waals surface area contributed by atoms with E-state index in [4.69, 9.17) is 16.1 Å². The number of carbonyl (C=O) groups is 1. The van der Waals surface area contributed by atoms with Crippen LogP contribution in [0.15, 0.2) is 28.8 Å². The standard InChI is InChI=1S/C13H14ClN3O2/c1-3-11(18)15-8(2)13-16-12(17-19-13)9-6-4-5-7-10(9)14/h4-8H,3H2,1-2H3,(H,15,18)/t8-/m0/s1. The number of nitrogens with zero attached hydrogens (tertiary/aromatic N) is 2. The second kappa shape index (κ2) is 5.84. The Morgan fingerprint density at radius 1 is 1.47 bits per heavy atom. The van der Waals surface area contributed by atoms with Gasteiger partial charge in [0.2, 0.25) is 17.6 Å². The third kappa shape index (κ3) is 3.12. The Labute approximate surface area is 116 Å². The summed E-state index contributed by atoms with van der Waals surface area (Å²) in [5, 5.41) is 7.19. The SMILES string of the molecule is CCC(=O)N[C@@H](C)c1nc(-c2ccccc2Cl)no1. The number of aromatic nitrogens is 2. The second-order valence-corrected chi connectivity index (χ2v) is 4.49. The third-order valence-corrected chi connectivity index (χ3v) is 2.96. The van der Waals surface area contributed by atoms with Crippen LogP contribution in [0.1, 0.15) is 32.2 Å². The van der Waals surface area contributed by atoms with Crippen LogP contribution in [-0.2, 0) is 4.79 Å². The third-order valence-electron chi connectivity index (χ3n) is 2.63. The van der Waals surface area contributed by atoms with Crippen LogP contribution in [0.3, 0.4) is 0 Å². The van der Waals surface area contributed by atoms with Crippen LogP contribution < -0.4 is 5.32 Å². The summed E-state index contributed by atoms with van der Waals surface area (Å²) >= 11 is 6.06. The van der Waals surface area contributed by atoms with Crippen molar-refractivity contribution in [2.45, 2.75) is 26.3 Å². The molecule has 0 bridgehead atoms. The predicted molar refractivity (Wildman–Crippen MR) is 71.6 cm³/mol. The molecular weight excluding hydrogens is 266 g/mol. The fraction of sp³-hybridized carbons (Fsp3) is 0.308. The number of nitrogens with one attached hydrogen (secondary N) is 1. The van der Waals surface area contributed by atoms with Crippen molar-refractivity contribution in [2.75, 3.05) is 0 Å². The van der Waals surface area contributed by atoms with Gasteiger partial charge in [-0.1, -0.05) is 35.8 Å². The highest BCUT2D eigenvalue weighted by atomic mass is 35.5. The molecule has 1 aromatic heterocycles. The van der Waals surface area contributed by atoms with E-state index >= 15 is 0 Å². The molecule has 2 rings (SSSR count). The molecule has 0 fully saturated rings. The van der Waals surface area contributed by atoms with E-state index in [9.17, 15) is 4.79 Å². The molecule has 19 heavy (non-hydrogen) atoms. The maximum absolute atomic E-state index is 11.3. The summed E-state index contributed by atoms with van der Waals surface area (Å²) in [6, 6.07) is 6.92. The molecule has 6 heteroatoms. The normalized spacial score (nSPS) is 12.2. The van der Waals surface area contributed by atoms with Crippen LogP contribution in [0.25, 0.3) is 11.4 Å².